The number of furan rings is 1. The van der Waals surface area contributed by atoms with Gasteiger partial charge in [0.05, 0.1) is 34.8 Å². The molecule has 0 aliphatic heterocycles. The lowest BCUT2D eigenvalue weighted by Gasteiger charge is -2.12. The molecule has 4 N–H and O–H groups in total. The molecule has 3 aromatic heterocycles. The fraction of sp³-hybridized carbons (Fsp3) is 0.217. The van der Waals surface area contributed by atoms with Crippen molar-refractivity contribution in [1.82, 2.24) is 4.98 Å². The Morgan fingerprint density at radius 3 is 2.69 bits per heavy atom. The fourth-order valence-corrected chi connectivity index (χ4v) is 4.77. The van der Waals surface area contributed by atoms with E-state index in [0.29, 0.717) is 18.1 Å². The normalized spacial score (nSPS) is 11.8. The van der Waals surface area contributed by atoms with Crippen molar-refractivity contribution < 1.29 is 9.21 Å². The zero-order chi connectivity index (χ0) is 22.0. The number of anilines is 2. The SMILES string of the molecule is Cc1ccc(NC(=O)[C@H](N)Cc2sc3c(NCc4ccco4)cc(Cl)nc3c2C)cc1.Cl. The number of aryl methyl sites for hydroxylation is 2. The number of nitrogens with one attached hydrogen (secondary N) is 2. The van der Waals surface area contributed by atoms with Crippen molar-refractivity contribution in [3.63, 3.8) is 0 Å². The number of rotatable bonds is 7. The lowest BCUT2D eigenvalue weighted by Crippen LogP contribution is -2.37. The molecule has 0 bridgehead atoms. The molecule has 1 atom stereocenters. The van der Waals surface area contributed by atoms with Gasteiger partial charge in [0.1, 0.15) is 10.9 Å². The van der Waals surface area contributed by atoms with Crippen molar-refractivity contribution in [3.8, 4) is 0 Å². The molecule has 9 heteroatoms. The molecule has 32 heavy (non-hydrogen) atoms. The maximum absolute atomic E-state index is 12.6. The van der Waals surface area contributed by atoms with Crippen molar-refractivity contribution in [2.45, 2.75) is 32.9 Å². The van der Waals surface area contributed by atoms with Crippen LogP contribution in [0.5, 0.6) is 0 Å². The lowest BCUT2D eigenvalue weighted by molar-refractivity contribution is -0.117. The van der Waals surface area contributed by atoms with Crippen LogP contribution in [-0.4, -0.2) is 16.9 Å². The predicted octanol–water partition coefficient (Wildman–Crippen LogP) is 5.70. The van der Waals surface area contributed by atoms with Gasteiger partial charge in [-0.25, -0.2) is 4.98 Å². The van der Waals surface area contributed by atoms with Gasteiger partial charge in [-0.05, 0) is 43.7 Å². The molecule has 0 fully saturated rings. The Bertz CT molecular complexity index is 1210. The number of carbonyl (C=O) groups excluding carboxylic acids is 1. The smallest absolute Gasteiger partial charge is 0.241 e. The van der Waals surface area contributed by atoms with E-state index in [4.69, 9.17) is 21.8 Å². The molecule has 6 nitrogen and oxygen atoms in total. The van der Waals surface area contributed by atoms with E-state index < -0.39 is 6.04 Å². The molecule has 3 heterocycles. The lowest BCUT2D eigenvalue weighted by atomic mass is 10.1. The Hall–Kier alpha value is -2.58. The van der Waals surface area contributed by atoms with E-state index in [1.54, 1.807) is 23.7 Å². The molecule has 4 rings (SSSR count). The summed E-state index contributed by atoms with van der Waals surface area (Å²) in [5, 5.41) is 6.65. The fourth-order valence-electron chi connectivity index (χ4n) is 3.28. The number of benzene rings is 1. The van der Waals surface area contributed by atoms with Gasteiger partial charge in [-0.2, -0.15) is 0 Å². The molecular weight excluding hydrogens is 467 g/mol. The van der Waals surface area contributed by atoms with Gasteiger partial charge in [0, 0.05) is 23.1 Å². The second-order valence-electron chi connectivity index (χ2n) is 7.42. The molecule has 0 spiro atoms. The first kappa shape index (κ1) is 24.1. The highest BCUT2D eigenvalue weighted by Gasteiger charge is 2.20. The Kier molecular flexibility index (Phi) is 7.79. The summed E-state index contributed by atoms with van der Waals surface area (Å²) in [7, 11) is 0. The molecule has 0 radical (unpaired) electrons. The summed E-state index contributed by atoms with van der Waals surface area (Å²) < 4.78 is 6.37. The minimum atomic E-state index is -0.678. The number of pyridine rings is 1. The van der Waals surface area contributed by atoms with Crippen molar-refractivity contribution in [3.05, 3.63) is 75.6 Å². The molecule has 4 aromatic rings. The summed E-state index contributed by atoms with van der Waals surface area (Å²) in [5.41, 5.74) is 10.8. The predicted molar refractivity (Wildman–Crippen MR) is 134 cm³/mol. The number of thiophene rings is 1. The number of carbonyl (C=O) groups is 1. The molecule has 1 aromatic carbocycles. The standard InChI is InChI=1S/C23H23ClN4O2S.ClH/c1-13-5-7-15(8-6-13)27-23(29)17(25)10-19-14(2)21-22(31-19)18(11-20(24)28-21)26-12-16-4-3-9-30-16;/h3-9,11,17H,10,12,25H2,1-2H3,(H,26,28)(H,27,29);1H/t17-;/m1./s1. The van der Waals surface area contributed by atoms with Crippen molar-refractivity contribution in [1.29, 1.82) is 0 Å². The first-order valence-corrected chi connectivity index (χ1v) is 11.1. The van der Waals surface area contributed by atoms with E-state index in [2.05, 4.69) is 15.6 Å². The summed E-state index contributed by atoms with van der Waals surface area (Å²) >= 11 is 7.84. The quantitative estimate of drug-likeness (QED) is 0.288. The summed E-state index contributed by atoms with van der Waals surface area (Å²) in [5.74, 6) is 0.604. The summed E-state index contributed by atoms with van der Waals surface area (Å²) in [6, 6.07) is 12.5. The highest BCUT2D eigenvalue weighted by atomic mass is 35.5. The molecule has 1 amide bonds. The molecule has 0 unspecified atom stereocenters. The topological polar surface area (TPSA) is 93.2 Å². The van der Waals surface area contributed by atoms with Crippen molar-refractivity contribution >= 4 is 62.8 Å². The Morgan fingerprint density at radius 2 is 2.00 bits per heavy atom. The number of nitrogens with zero attached hydrogens (tertiary/aromatic N) is 1. The third-order valence-electron chi connectivity index (χ3n) is 5.03. The second-order valence-corrected chi connectivity index (χ2v) is 8.91. The molecule has 0 aliphatic rings. The van der Waals surface area contributed by atoms with E-state index >= 15 is 0 Å². The minimum absolute atomic E-state index is 0. The van der Waals surface area contributed by atoms with Crippen LogP contribution in [0.15, 0.2) is 53.1 Å². The van der Waals surface area contributed by atoms with E-state index in [9.17, 15) is 4.79 Å². The van der Waals surface area contributed by atoms with Gasteiger partial charge in [-0.15, -0.1) is 23.7 Å². The summed E-state index contributed by atoms with van der Waals surface area (Å²) in [6.45, 7) is 4.52. The van der Waals surface area contributed by atoms with Gasteiger partial charge in [0.15, 0.2) is 0 Å². The van der Waals surface area contributed by atoms with Crippen LogP contribution in [0.25, 0.3) is 10.2 Å². The van der Waals surface area contributed by atoms with E-state index in [-0.39, 0.29) is 18.3 Å². The van der Waals surface area contributed by atoms with Crippen LogP contribution < -0.4 is 16.4 Å². The van der Waals surface area contributed by atoms with Crippen LogP contribution in [0, 0.1) is 13.8 Å². The maximum Gasteiger partial charge on any atom is 0.241 e. The van der Waals surface area contributed by atoms with E-state index in [1.165, 1.54) is 0 Å². The molecule has 0 saturated carbocycles. The summed E-state index contributed by atoms with van der Waals surface area (Å²) in [6.07, 6.45) is 2.06. The monoisotopic (exact) mass is 490 g/mol. The third kappa shape index (κ3) is 5.42. The molecule has 0 saturated heterocycles. The Balaban J connectivity index is 0.00000289. The number of aromatic nitrogens is 1. The van der Waals surface area contributed by atoms with Gasteiger partial charge in [0.25, 0.3) is 0 Å². The van der Waals surface area contributed by atoms with Crippen molar-refractivity contribution in [2.75, 3.05) is 10.6 Å². The molecular formula is C23H24Cl2N4O2S. The molecule has 0 aliphatic carbocycles. The van der Waals surface area contributed by atoms with Gasteiger partial charge >= 0.3 is 0 Å². The zero-order valence-corrected chi connectivity index (χ0v) is 20.0. The Labute approximate surface area is 201 Å². The third-order valence-corrected chi connectivity index (χ3v) is 6.57. The highest BCUT2D eigenvalue weighted by Crippen LogP contribution is 2.37. The van der Waals surface area contributed by atoms with Crippen LogP contribution in [0.1, 0.15) is 21.8 Å². The largest absolute Gasteiger partial charge is 0.467 e. The average Bonchev–Trinajstić information content (AvgIpc) is 3.37. The van der Waals surface area contributed by atoms with Crippen LogP contribution in [0.3, 0.4) is 0 Å². The van der Waals surface area contributed by atoms with Crippen LogP contribution in [0.4, 0.5) is 11.4 Å². The van der Waals surface area contributed by atoms with Crippen LogP contribution in [-0.2, 0) is 17.8 Å². The summed E-state index contributed by atoms with van der Waals surface area (Å²) in [4.78, 5) is 18.1. The second kappa shape index (κ2) is 10.4. The number of hydrogen-bond acceptors (Lipinski definition) is 6. The van der Waals surface area contributed by atoms with Gasteiger partial charge in [0.2, 0.25) is 5.91 Å². The number of halogens is 2. The average molecular weight is 491 g/mol. The van der Waals surface area contributed by atoms with Crippen LogP contribution >= 0.6 is 35.3 Å². The first-order valence-electron chi connectivity index (χ1n) is 9.88. The highest BCUT2D eigenvalue weighted by molar-refractivity contribution is 7.19. The zero-order valence-electron chi connectivity index (χ0n) is 17.6. The van der Waals surface area contributed by atoms with Gasteiger partial charge in [-0.1, -0.05) is 29.3 Å². The van der Waals surface area contributed by atoms with Crippen LogP contribution in [0.2, 0.25) is 5.15 Å². The number of fused-ring (bicyclic) bond motifs is 1. The van der Waals surface area contributed by atoms with E-state index in [1.807, 2.05) is 50.2 Å². The van der Waals surface area contributed by atoms with Gasteiger partial charge < -0.3 is 20.8 Å². The number of amides is 1. The minimum Gasteiger partial charge on any atom is -0.467 e. The number of hydrogen-bond donors (Lipinski definition) is 3. The van der Waals surface area contributed by atoms with E-state index in [0.717, 1.165) is 43.4 Å². The Morgan fingerprint density at radius 1 is 1.25 bits per heavy atom. The number of nitrogens with two attached hydrogens (primary N) is 1. The maximum atomic E-state index is 12.6. The van der Waals surface area contributed by atoms with Crippen molar-refractivity contribution in [2.24, 2.45) is 5.73 Å². The van der Waals surface area contributed by atoms with Gasteiger partial charge in [-0.3, -0.25) is 4.79 Å². The molecule has 168 valence electrons. The first-order chi connectivity index (χ1) is 14.9.